The third-order valence-electron chi connectivity index (χ3n) is 3.67. The Balaban J connectivity index is 1.87. The number of fused-ring (bicyclic) bond motifs is 1. The zero-order valence-corrected chi connectivity index (χ0v) is 13.0. The number of esters is 1. The van der Waals surface area contributed by atoms with E-state index in [0.717, 1.165) is 28.8 Å². The summed E-state index contributed by atoms with van der Waals surface area (Å²) >= 11 is 0. The zero-order chi connectivity index (χ0) is 16.4. The molecule has 0 aliphatic carbocycles. The summed E-state index contributed by atoms with van der Waals surface area (Å²) < 4.78 is 6.98. The highest BCUT2D eigenvalue weighted by Crippen LogP contribution is 2.18. The van der Waals surface area contributed by atoms with Crippen LogP contribution in [0.4, 0.5) is 0 Å². The number of aromatic amines is 1. The summed E-state index contributed by atoms with van der Waals surface area (Å²) in [6.45, 7) is 4.66. The number of imidazole rings is 1. The number of hydrogen-bond donors (Lipinski definition) is 1. The van der Waals surface area contributed by atoms with E-state index in [1.807, 2.05) is 23.6 Å². The van der Waals surface area contributed by atoms with Crippen LogP contribution in [0.5, 0.6) is 0 Å². The van der Waals surface area contributed by atoms with Crippen molar-refractivity contribution in [2.75, 3.05) is 6.61 Å². The standard InChI is InChI=1S/C17H17N3O3/c1-3-23-17(22)13-6-4-12(5-7-13)9-20-11(2)18-15-8-14(10-21)19-16(15)20/h4-8,10,19H,3,9H2,1-2H3. The number of H-pyrrole nitrogens is 1. The molecule has 2 heterocycles. The van der Waals surface area contributed by atoms with Gasteiger partial charge < -0.3 is 14.3 Å². The van der Waals surface area contributed by atoms with Gasteiger partial charge >= 0.3 is 5.97 Å². The molecule has 0 unspecified atom stereocenters. The van der Waals surface area contributed by atoms with Gasteiger partial charge in [0.1, 0.15) is 17.0 Å². The predicted molar refractivity (Wildman–Crippen MR) is 85.7 cm³/mol. The largest absolute Gasteiger partial charge is 0.462 e. The maximum atomic E-state index is 11.7. The number of nitrogens with zero attached hydrogens (tertiary/aromatic N) is 2. The lowest BCUT2D eigenvalue weighted by atomic mass is 10.1. The fraction of sp³-hybridized carbons (Fsp3) is 0.235. The van der Waals surface area contributed by atoms with Gasteiger partial charge in [0.15, 0.2) is 6.29 Å². The van der Waals surface area contributed by atoms with Crippen molar-refractivity contribution >= 4 is 23.4 Å². The fourth-order valence-corrected chi connectivity index (χ4v) is 2.54. The first kappa shape index (κ1) is 15.0. The lowest BCUT2D eigenvalue weighted by molar-refractivity contribution is 0.0526. The molecule has 0 atom stereocenters. The SMILES string of the molecule is CCOC(=O)c1ccc(Cn2c(C)nc3cc(C=O)[nH]c32)cc1. The van der Waals surface area contributed by atoms with E-state index in [-0.39, 0.29) is 5.97 Å². The van der Waals surface area contributed by atoms with Crippen LogP contribution < -0.4 is 0 Å². The molecule has 0 saturated carbocycles. The van der Waals surface area contributed by atoms with Crippen molar-refractivity contribution in [3.05, 3.63) is 53.0 Å². The fourth-order valence-electron chi connectivity index (χ4n) is 2.54. The van der Waals surface area contributed by atoms with Crippen molar-refractivity contribution in [1.29, 1.82) is 0 Å². The summed E-state index contributed by atoms with van der Waals surface area (Å²) in [5.74, 6) is 0.540. The molecule has 6 heteroatoms. The van der Waals surface area contributed by atoms with Crippen LogP contribution in [0.3, 0.4) is 0 Å². The zero-order valence-electron chi connectivity index (χ0n) is 13.0. The van der Waals surface area contributed by atoms with Crippen molar-refractivity contribution < 1.29 is 14.3 Å². The molecule has 23 heavy (non-hydrogen) atoms. The second-order valence-electron chi connectivity index (χ2n) is 5.24. The Kier molecular flexibility index (Phi) is 3.97. The molecule has 0 fully saturated rings. The molecule has 0 radical (unpaired) electrons. The van der Waals surface area contributed by atoms with Crippen LogP contribution in [0.15, 0.2) is 30.3 Å². The number of ether oxygens (including phenoxy) is 1. The molecule has 2 aromatic heterocycles. The van der Waals surface area contributed by atoms with Gasteiger partial charge in [-0.05, 0) is 37.6 Å². The number of aromatic nitrogens is 3. The minimum Gasteiger partial charge on any atom is -0.462 e. The summed E-state index contributed by atoms with van der Waals surface area (Å²) in [5.41, 5.74) is 3.66. The van der Waals surface area contributed by atoms with E-state index in [2.05, 4.69) is 9.97 Å². The molecule has 0 aliphatic heterocycles. The molecule has 0 spiro atoms. The molecule has 118 valence electrons. The van der Waals surface area contributed by atoms with Crippen molar-refractivity contribution in [2.45, 2.75) is 20.4 Å². The van der Waals surface area contributed by atoms with E-state index < -0.39 is 0 Å². The highest BCUT2D eigenvalue weighted by molar-refractivity contribution is 5.89. The topological polar surface area (TPSA) is 77.0 Å². The summed E-state index contributed by atoms with van der Waals surface area (Å²) in [6.07, 6.45) is 0.773. The van der Waals surface area contributed by atoms with Gasteiger partial charge in [0.2, 0.25) is 0 Å². The van der Waals surface area contributed by atoms with Crippen molar-refractivity contribution in [3.63, 3.8) is 0 Å². The molecule has 0 amide bonds. The minimum atomic E-state index is -0.319. The van der Waals surface area contributed by atoms with Crippen LogP contribution in [0.2, 0.25) is 0 Å². The van der Waals surface area contributed by atoms with E-state index in [1.165, 1.54) is 0 Å². The average molecular weight is 311 g/mol. The number of benzene rings is 1. The molecule has 6 nitrogen and oxygen atoms in total. The molecular formula is C17H17N3O3. The highest BCUT2D eigenvalue weighted by Gasteiger charge is 2.12. The number of aldehydes is 1. The number of aryl methyl sites for hydroxylation is 1. The molecular weight excluding hydrogens is 294 g/mol. The monoisotopic (exact) mass is 311 g/mol. The average Bonchev–Trinajstić information content (AvgIpc) is 3.07. The summed E-state index contributed by atoms with van der Waals surface area (Å²) in [5, 5.41) is 0. The summed E-state index contributed by atoms with van der Waals surface area (Å²) in [7, 11) is 0. The van der Waals surface area contributed by atoms with Gasteiger partial charge in [0.05, 0.1) is 24.4 Å². The van der Waals surface area contributed by atoms with Gasteiger partial charge in [0, 0.05) is 0 Å². The molecule has 3 aromatic rings. The second-order valence-corrected chi connectivity index (χ2v) is 5.24. The first-order valence-electron chi connectivity index (χ1n) is 7.39. The van der Waals surface area contributed by atoms with Crippen molar-refractivity contribution in [2.24, 2.45) is 0 Å². The van der Waals surface area contributed by atoms with Crippen LogP contribution >= 0.6 is 0 Å². The quantitative estimate of drug-likeness (QED) is 0.580. The highest BCUT2D eigenvalue weighted by atomic mass is 16.5. The summed E-state index contributed by atoms with van der Waals surface area (Å²) in [6, 6.07) is 9.02. The Morgan fingerprint density at radius 3 is 2.74 bits per heavy atom. The van der Waals surface area contributed by atoms with Crippen LogP contribution in [0, 0.1) is 6.92 Å². The molecule has 0 saturated heterocycles. The van der Waals surface area contributed by atoms with E-state index in [4.69, 9.17) is 4.74 Å². The predicted octanol–water partition coefficient (Wildman–Crippen LogP) is 2.71. The van der Waals surface area contributed by atoms with E-state index in [0.29, 0.717) is 24.4 Å². The Hall–Kier alpha value is -2.89. The third-order valence-corrected chi connectivity index (χ3v) is 3.67. The smallest absolute Gasteiger partial charge is 0.338 e. The Bertz CT molecular complexity index is 859. The molecule has 1 aromatic carbocycles. The van der Waals surface area contributed by atoms with Gasteiger partial charge in [-0.15, -0.1) is 0 Å². The van der Waals surface area contributed by atoms with E-state index >= 15 is 0 Å². The second kappa shape index (κ2) is 6.08. The van der Waals surface area contributed by atoms with Crippen molar-refractivity contribution in [1.82, 2.24) is 14.5 Å². The summed E-state index contributed by atoms with van der Waals surface area (Å²) in [4.78, 5) is 30.0. The number of nitrogens with one attached hydrogen (secondary N) is 1. The Morgan fingerprint density at radius 1 is 1.35 bits per heavy atom. The number of hydrogen-bond acceptors (Lipinski definition) is 4. The first-order valence-corrected chi connectivity index (χ1v) is 7.39. The molecule has 1 N–H and O–H groups in total. The lowest BCUT2D eigenvalue weighted by Crippen LogP contribution is -2.06. The van der Waals surface area contributed by atoms with Crippen LogP contribution in [-0.2, 0) is 11.3 Å². The molecule has 3 rings (SSSR count). The van der Waals surface area contributed by atoms with Gasteiger partial charge in [-0.2, -0.15) is 0 Å². The van der Waals surface area contributed by atoms with Gasteiger partial charge in [0.25, 0.3) is 0 Å². The third kappa shape index (κ3) is 2.88. The minimum absolute atomic E-state index is 0.319. The lowest BCUT2D eigenvalue weighted by Gasteiger charge is -2.07. The normalized spacial score (nSPS) is 10.9. The first-order chi connectivity index (χ1) is 11.1. The van der Waals surface area contributed by atoms with Crippen LogP contribution in [0.25, 0.3) is 11.2 Å². The Morgan fingerprint density at radius 2 is 2.09 bits per heavy atom. The number of carbonyl (C=O) groups excluding carboxylic acids is 2. The van der Waals surface area contributed by atoms with Crippen LogP contribution in [-0.4, -0.2) is 33.4 Å². The Labute approximate surface area is 133 Å². The van der Waals surface area contributed by atoms with Gasteiger partial charge in [-0.1, -0.05) is 12.1 Å². The number of carbonyl (C=O) groups is 2. The van der Waals surface area contributed by atoms with E-state index in [9.17, 15) is 9.59 Å². The number of rotatable bonds is 5. The maximum Gasteiger partial charge on any atom is 0.338 e. The molecule has 0 bridgehead atoms. The van der Waals surface area contributed by atoms with Gasteiger partial charge in [-0.25, -0.2) is 9.78 Å². The maximum absolute atomic E-state index is 11.7. The van der Waals surface area contributed by atoms with E-state index in [1.54, 1.807) is 25.1 Å². The molecule has 0 aliphatic rings. The van der Waals surface area contributed by atoms with Gasteiger partial charge in [-0.3, -0.25) is 4.79 Å². The van der Waals surface area contributed by atoms with Crippen molar-refractivity contribution in [3.8, 4) is 0 Å². The van der Waals surface area contributed by atoms with Crippen LogP contribution in [0.1, 0.15) is 39.2 Å².